The highest BCUT2D eigenvalue weighted by Crippen LogP contribution is 2.18. The number of rotatable bonds is 7. The van der Waals surface area contributed by atoms with Crippen LogP contribution in [-0.4, -0.2) is 18.0 Å². The van der Waals surface area contributed by atoms with Gasteiger partial charge in [-0.1, -0.05) is 48.5 Å². The molecule has 3 rings (SSSR count). The molecule has 0 saturated heterocycles. The summed E-state index contributed by atoms with van der Waals surface area (Å²) in [7, 11) is 0. The number of carbonyl (C=O) groups is 2. The molecule has 0 aliphatic heterocycles. The summed E-state index contributed by atoms with van der Waals surface area (Å²) in [5, 5.41) is 11.7. The highest BCUT2D eigenvalue weighted by atomic mass is 16.5. The Kier molecular flexibility index (Phi) is 6.80. The number of anilines is 1. The molecule has 1 amide bonds. The number of nitrogens with zero attached hydrogens (tertiary/aromatic N) is 1. The van der Waals surface area contributed by atoms with Gasteiger partial charge in [0.2, 0.25) is 0 Å². The maximum absolute atomic E-state index is 12.5. The predicted octanol–water partition coefficient (Wildman–Crippen LogP) is 4.32. The Morgan fingerprint density at radius 2 is 1.73 bits per heavy atom. The Balaban J connectivity index is 1.59. The number of hydrogen-bond donors (Lipinski definition) is 1. The van der Waals surface area contributed by atoms with Crippen LogP contribution in [0.2, 0.25) is 0 Å². The minimum atomic E-state index is -1.04. The van der Waals surface area contributed by atoms with Crippen molar-refractivity contribution in [3.63, 3.8) is 0 Å². The molecule has 0 spiro atoms. The third kappa shape index (κ3) is 5.46. The van der Waals surface area contributed by atoms with Crippen LogP contribution in [0.5, 0.6) is 5.75 Å². The first-order valence-electron chi connectivity index (χ1n) is 9.34. The van der Waals surface area contributed by atoms with Gasteiger partial charge in [-0.05, 0) is 42.8 Å². The predicted molar refractivity (Wildman–Crippen MR) is 112 cm³/mol. The van der Waals surface area contributed by atoms with E-state index in [1.165, 1.54) is 6.92 Å². The van der Waals surface area contributed by atoms with Gasteiger partial charge in [-0.25, -0.2) is 4.79 Å². The number of ether oxygens (including phenoxy) is 2. The second-order valence-corrected chi connectivity index (χ2v) is 6.50. The molecule has 0 heterocycles. The zero-order valence-electron chi connectivity index (χ0n) is 16.4. The Bertz CT molecular complexity index is 1070. The molecule has 0 aromatic heterocycles. The van der Waals surface area contributed by atoms with E-state index in [0.29, 0.717) is 23.6 Å². The van der Waals surface area contributed by atoms with Crippen LogP contribution in [0.1, 0.15) is 28.4 Å². The van der Waals surface area contributed by atoms with Crippen molar-refractivity contribution in [1.82, 2.24) is 0 Å². The number of carbonyl (C=O) groups excluding carboxylic acids is 2. The summed E-state index contributed by atoms with van der Waals surface area (Å²) in [6.07, 6.45) is -1.04. The van der Waals surface area contributed by atoms with Crippen molar-refractivity contribution in [1.29, 1.82) is 5.26 Å². The highest BCUT2D eigenvalue weighted by Gasteiger charge is 2.20. The first-order chi connectivity index (χ1) is 14.6. The molecule has 0 aliphatic carbocycles. The van der Waals surface area contributed by atoms with E-state index < -0.39 is 18.0 Å². The summed E-state index contributed by atoms with van der Waals surface area (Å²) >= 11 is 0. The average Bonchev–Trinajstić information content (AvgIpc) is 2.79. The molecule has 6 nitrogen and oxygen atoms in total. The lowest BCUT2D eigenvalue weighted by molar-refractivity contribution is -0.123. The molecule has 0 aliphatic rings. The van der Waals surface area contributed by atoms with Crippen LogP contribution in [0.3, 0.4) is 0 Å². The fraction of sp³-hybridized carbons (Fsp3) is 0.125. The summed E-state index contributed by atoms with van der Waals surface area (Å²) in [6, 6.07) is 24.9. The fourth-order valence-corrected chi connectivity index (χ4v) is 2.66. The van der Waals surface area contributed by atoms with Gasteiger partial charge in [0.05, 0.1) is 16.8 Å². The zero-order chi connectivity index (χ0) is 21.3. The number of hydrogen-bond acceptors (Lipinski definition) is 5. The molecule has 30 heavy (non-hydrogen) atoms. The molecule has 0 unspecified atom stereocenters. The molecule has 1 N–H and O–H groups in total. The van der Waals surface area contributed by atoms with Crippen LogP contribution in [-0.2, 0) is 16.1 Å². The monoisotopic (exact) mass is 400 g/mol. The third-order valence-corrected chi connectivity index (χ3v) is 4.28. The minimum Gasteiger partial charge on any atom is -0.489 e. The van der Waals surface area contributed by atoms with Crippen LogP contribution in [0, 0.1) is 11.3 Å². The van der Waals surface area contributed by atoms with Crippen LogP contribution in [0.4, 0.5) is 5.69 Å². The molecular formula is C24H20N2O4. The maximum atomic E-state index is 12.5. The van der Waals surface area contributed by atoms with Gasteiger partial charge >= 0.3 is 5.97 Å². The molecular weight excluding hydrogens is 380 g/mol. The second kappa shape index (κ2) is 9.89. The summed E-state index contributed by atoms with van der Waals surface area (Å²) in [5.74, 6) is -0.646. The Morgan fingerprint density at radius 3 is 2.50 bits per heavy atom. The number of nitriles is 1. The molecule has 150 valence electrons. The zero-order valence-corrected chi connectivity index (χ0v) is 16.4. The van der Waals surface area contributed by atoms with Crippen LogP contribution < -0.4 is 10.1 Å². The number of benzene rings is 3. The normalized spacial score (nSPS) is 11.1. The molecule has 0 radical (unpaired) electrons. The van der Waals surface area contributed by atoms with Gasteiger partial charge in [0, 0.05) is 0 Å². The number of esters is 1. The number of amides is 1. The van der Waals surface area contributed by atoms with E-state index in [2.05, 4.69) is 5.32 Å². The summed E-state index contributed by atoms with van der Waals surface area (Å²) < 4.78 is 11.0. The third-order valence-electron chi connectivity index (χ3n) is 4.28. The second-order valence-electron chi connectivity index (χ2n) is 6.50. The Hall–Kier alpha value is -4.11. The standard InChI is InChI=1S/C24H20N2O4/c1-17(23(27)26-22-13-6-5-10-20(22)15-25)30-24(28)19-11-7-12-21(14-19)29-16-18-8-3-2-4-9-18/h2-14,17H,16H2,1H3,(H,26,27)/t17-/m0/s1. The maximum Gasteiger partial charge on any atom is 0.339 e. The summed E-state index contributed by atoms with van der Waals surface area (Å²) in [6.45, 7) is 1.84. The lowest BCUT2D eigenvalue weighted by Crippen LogP contribution is -2.30. The van der Waals surface area contributed by atoms with Gasteiger partial charge in [0.15, 0.2) is 6.10 Å². The molecule has 0 saturated carbocycles. The van der Waals surface area contributed by atoms with E-state index in [0.717, 1.165) is 5.56 Å². The molecule has 3 aromatic rings. The molecule has 1 atom stereocenters. The van der Waals surface area contributed by atoms with Crippen molar-refractivity contribution in [2.24, 2.45) is 0 Å². The SMILES string of the molecule is C[C@H](OC(=O)c1cccc(OCc2ccccc2)c1)C(=O)Nc1ccccc1C#N. The van der Waals surface area contributed by atoms with Crippen LogP contribution >= 0.6 is 0 Å². The van der Waals surface area contributed by atoms with Crippen LogP contribution in [0.25, 0.3) is 0 Å². The molecule has 6 heteroatoms. The lowest BCUT2D eigenvalue weighted by atomic mass is 10.2. The lowest BCUT2D eigenvalue weighted by Gasteiger charge is -2.14. The van der Waals surface area contributed by atoms with E-state index >= 15 is 0 Å². The van der Waals surface area contributed by atoms with E-state index in [9.17, 15) is 9.59 Å². The van der Waals surface area contributed by atoms with Crippen molar-refractivity contribution in [2.75, 3.05) is 5.32 Å². The number of para-hydroxylation sites is 1. The van der Waals surface area contributed by atoms with Crippen molar-refractivity contribution in [2.45, 2.75) is 19.6 Å². The van der Waals surface area contributed by atoms with Gasteiger partial charge in [0.1, 0.15) is 18.4 Å². The smallest absolute Gasteiger partial charge is 0.339 e. The van der Waals surface area contributed by atoms with Crippen molar-refractivity contribution >= 4 is 17.6 Å². The van der Waals surface area contributed by atoms with E-state index in [4.69, 9.17) is 14.7 Å². The minimum absolute atomic E-state index is 0.276. The quantitative estimate of drug-likeness (QED) is 0.597. The molecule has 0 bridgehead atoms. The Labute approximate surface area is 174 Å². The van der Waals surface area contributed by atoms with Gasteiger partial charge in [-0.2, -0.15) is 5.26 Å². The number of nitrogens with one attached hydrogen (secondary N) is 1. The average molecular weight is 400 g/mol. The van der Waals surface area contributed by atoms with Crippen molar-refractivity contribution in [3.05, 3.63) is 95.6 Å². The summed E-state index contributed by atoms with van der Waals surface area (Å²) in [5.41, 5.74) is 1.97. The van der Waals surface area contributed by atoms with Crippen LogP contribution in [0.15, 0.2) is 78.9 Å². The first kappa shape index (κ1) is 20.6. The van der Waals surface area contributed by atoms with Gasteiger partial charge in [-0.15, -0.1) is 0 Å². The van der Waals surface area contributed by atoms with E-state index in [-0.39, 0.29) is 5.56 Å². The van der Waals surface area contributed by atoms with E-state index in [1.807, 2.05) is 36.4 Å². The van der Waals surface area contributed by atoms with Gasteiger partial charge in [0.25, 0.3) is 5.91 Å². The Morgan fingerprint density at radius 1 is 1.00 bits per heavy atom. The molecule has 0 fully saturated rings. The van der Waals surface area contributed by atoms with Gasteiger partial charge in [-0.3, -0.25) is 4.79 Å². The van der Waals surface area contributed by atoms with Crippen molar-refractivity contribution in [3.8, 4) is 11.8 Å². The highest BCUT2D eigenvalue weighted by molar-refractivity contribution is 5.98. The fourth-order valence-electron chi connectivity index (χ4n) is 2.66. The van der Waals surface area contributed by atoms with Crippen molar-refractivity contribution < 1.29 is 19.1 Å². The van der Waals surface area contributed by atoms with E-state index in [1.54, 1.807) is 48.5 Å². The molecule has 3 aromatic carbocycles. The largest absolute Gasteiger partial charge is 0.489 e. The first-order valence-corrected chi connectivity index (χ1v) is 9.34. The summed E-state index contributed by atoms with van der Waals surface area (Å²) in [4.78, 5) is 24.8. The topological polar surface area (TPSA) is 88.4 Å². The van der Waals surface area contributed by atoms with Gasteiger partial charge < -0.3 is 14.8 Å².